The molecule has 2 aliphatic rings. The summed E-state index contributed by atoms with van der Waals surface area (Å²) in [6, 6.07) is 12.0. The molecule has 0 bridgehead atoms. The van der Waals surface area contributed by atoms with Crippen molar-refractivity contribution in [3.8, 4) is 5.75 Å². The van der Waals surface area contributed by atoms with Crippen molar-refractivity contribution in [2.45, 2.75) is 25.8 Å². The molecule has 36 heavy (non-hydrogen) atoms. The fraction of sp³-hybridized carbons (Fsp3) is 0.321. The fourth-order valence-corrected chi connectivity index (χ4v) is 5.05. The number of aliphatic hydroxyl groups excluding tert-OH is 1. The molecule has 0 saturated carbocycles. The van der Waals surface area contributed by atoms with Crippen LogP contribution < -0.4 is 9.64 Å². The molecule has 1 N–H and O–H groups in total. The molecule has 0 unspecified atom stereocenters. The SMILES string of the molecule is C=CCOc1ccc(C(O)=C2C(=O)C(=O)N(CCOC)[C@@]23C(=O)N(CCC)c2ccccc23)cc1C. The number of amides is 2. The van der Waals surface area contributed by atoms with Gasteiger partial charge in [0.05, 0.1) is 17.9 Å². The van der Waals surface area contributed by atoms with Crippen LogP contribution in [-0.4, -0.2) is 61.0 Å². The molecule has 2 aromatic rings. The van der Waals surface area contributed by atoms with Gasteiger partial charge in [-0.05, 0) is 43.2 Å². The molecule has 8 nitrogen and oxygen atoms in total. The highest BCUT2D eigenvalue weighted by Gasteiger charge is 2.66. The molecule has 2 amide bonds. The van der Waals surface area contributed by atoms with E-state index in [-0.39, 0.29) is 18.7 Å². The van der Waals surface area contributed by atoms with E-state index in [1.54, 1.807) is 60.4 Å². The van der Waals surface area contributed by atoms with Gasteiger partial charge in [0.1, 0.15) is 18.1 Å². The molecule has 0 radical (unpaired) electrons. The molecule has 2 aliphatic heterocycles. The Morgan fingerprint density at radius 2 is 1.89 bits per heavy atom. The molecule has 188 valence electrons. The molecule has 1 fully saturated rings. The van der Waals surface area contributed by atoms with Crippen molar-refractivity contribution in [2.75, 3.05) is 38.3 Å². The summed E-state index contributed by atoms with van der Waals surface area (Å²) < 4.78 is 10.8. The first-order valence-electron chi connectivity index (χ1n) is 11.9. The highest BCUT2D eigenvalue weighted by molar-refractivity contribution is 6.50. The van der Waals surface area contributed by atoms with Gasteiger partial charge >= 0.3 is 0 Å². The van der Waals surface area contributed by atoms with E-state index in [0.717, 1.165) is 0 Å². The lowest BCUT2D eigenvalue weighted by molar-refractivity contribution is -0.144. The molecule has 8 heteroatoms. The first kappa shape index (κ1) is 25.2. The van der Waals surface area contributed by atoms with E-state index in [4.69, 9.17) is 9.47 Å². The number of rotatable bonds is 9. The number of carbonyl (C=O) groups excluding carboxylic acids is 3. The number of likely N-dealkylation sites (tertiary alicyclic amines) is 1. The van der Waals surface area contributed by atoms with E-state index in [0.29, 0.717) is 47.7 Å². The van der Waals surface area contributed by atoms with Gasteiger partial charge in [-0.2, -0.15) is 0 Å². The van der Waals surface area contributed by atoms with Crippen molar-refractivity contribution in [3.63, 3.8) is 0 Å². The molecule has 1 spiro atoms. The summed E-state index contributed by atoms with van der Waals surface area (Å²) in [5, 5.41) is 11.5. The van der Waals surface area contributed by atoms with Crippen molar-refractivity contribution in [1.29, 1.82) is 0 Å². The fourth-order valence-electron chi connectivity index (χ4n) is 5.05. The molecule has 4 rings (SSSR count). The minimum atomic E-state index is -1.78. The van der Waals surface area contributed by atoms with Crippen LogP contribution >= 0.6 is 0 Å². The number of ketones is 1. The van der Waals surface area contributed by atoms with Gasteiger partial charge in [-0.1, -0.05) is 37.8 Å². The summed E-state index contributed by atoms with van der Waals surface area (Å²) in [5.41, 5.74) is 0.107. The second-order valence-corrected chi connectivity index (χ2v) is 8.77. The third-order valence-corrected chi connectivity index (χ3v) is 6.58. The van der Waals surface area contributed by atoms with Crippen molar-refractivity contribution in [3.05, 3.63) is 77.4 Å². The Labute approximate surface area is 210 Å². The molecule has 0 aliphatic carbocycles. The van der Waals surface area contributed by atoms with Gasteiger partial charge in [0.15, 0.2) is 5.54 Å². The summed E-state index contributed by atoms with van der Waals surface area (Å²) >= 11 is 0. The lowest BCUT2D eigenvalue weighted by Crippen LogP contribution is -2.52. The minimum absolute atomic E-state index is 0.00521. The highest BCUT2D eigenvalue weighted by atomic mass is 16.5. The number of carbonyl (C=O) groups is 3. The lowest BCUT2D eigenvalue weighted by Gasteiger charge is -2.34. The van der Waals surface area contributed by atoms with Crippen LogP contribution in [0.1, 0.15) is 30.0 Å². The number of ether oxygens (including phenoxy) is 2. The summed E-state index contributed by atoms with van der Waals surface area (Å²) in [7, 11) is 1.48. The Kier molecular flexibility index (Phi) is 6.99. The Morgan fingerprint density at radius 3 is 2.56 bits per heavy atom. The maximum absolute atomic E-state index is 14.2. The normalized spacial score (nSPS) is 20.4. The maximum Gasteiger partial charge on any atom is 0.296 e. The van der Waals surface area contributed by atoms with Crippen LogP contribution in [0.3, 0.4) is 0 Å². The van der Waals surface area contributed by atoms with E-state index in [1.807, 2.05) is 6.92 Å². The van der Waals surface area contributed by atoms with Crippen molar-refractivity contribution in [1.82, 2.24) is 4.90 Å². The molecule has 1 atom stereocenters. The zero-order valence-corrected chi connectivity index (χ0v) is 20.7. The number of methoxy groups -OCH3 is 1. The van der Waals surface area contributed by atoms with Crippen LogP contribution in [0.2, 0.25) is 0 Å². The Bertz CT molecular complexity index is 1270. The van der Waals surface area contributed by atoms with Gasteiger partial charge in [-0.15, -0.1) is 0 Å². The van der Waals surface area contributed by atoms with Crippen LogP contribution in [0.15, 0.2) is 60.7 Å². The van der Waals surface area contributed by atoms with Crippen molar-refractivity contribution in [2.24, 2.45) is 0 Å². The molecule has 2 heterocycles. The lowest BCUT2D eigenvalue weighted by atomic mass is 9.81. The van der Waals surface area contributed by atoms with Crippen molar-refractivity contribution < 1.29 is 29.0 Å². The van der Waals surface area contributed by atoms with Gasteiger partial charge in [0.25, 0.3) is 17.6 Å². The van der Waals surface area contributed by atoms with E-state index in [9.17, 15) is 19.5 Å². The topological polar surface area (TPSA) is 96.4 Å². The van der Waals surface area contributed by atoms with E-state index in [1.165, 1.54) is 12.0 Å². The Morgan fingerprint density at radius 1 is 1.14 bits per heavy atom. The summed E-state index contributed by atoms with van der Waals surface area (Å²) in [6.45, 7) is 8.24. The second-order valence-electron chi connectivity index (χ2n) is 8.77. The van der Waals surface area contributed by atoms with Crippen LogP contribution in [0.4, 0.5) is 5.69 Å². The summed E-state index contributed by atoms with van der Waals surface area (Å²) in [5.74, 6) is -2.01. The van der Waals surface area contributed by atoms with Crippen molar-refractivity contribution >= 4 is 29.0 Å². The number of Topliss-reactive ketones (excluding diaryl/α,β-unsaturated/α-hetero) is 1. The Hall–Kier alpha value is -3.91. The number of hydrogen-bond acceptors (Lipinski definition) is 6. The van der Waals surface area contributed by atoms with Crippen LogP contribution in [0.5, 0.6) is 5.75 Å². The zero-order chi connectivity index (χ0) is 26.0. The van der Waals surface area contributed by atoms with Crippen LogP contribution in [0.25, 0.3) is 5.76 Å². The third-order valence-electron chi connectivity index (χ3n) is 6.58. The average molecular weight is 491 g/mol. The first-order valence-corrected chi connectivity index (χ1v) is 11.9. The number of fused-ring (bicyclic) bond motifs is 2. The first-order chi connectivity index (χ1) is 17.3. The minimum Gasteiger partial charge on any atom is -0.507 e. The maximum atomic E-state index is 14.2. The van der Waals surface area contributed by atoms with E-state index >= 15 is 0 Å². The third kappa shape index (κ3) is 3.69. The van der Waals surface area contributed by atoms with Crippen LogP contribution in [-0.2, 0) is 24.7 Å². The second kappa shape index (κ2) is 9.99. The zero-order valence-electron chi connectivity index (χ0n) is 20.7. The van der Waals surface area contributed by atoms with Gasteiger partial charge in [0.2, 0.25) is 0 Å². The number of para-hydroxylation sites is 1. The molecular formula is C28H30N2O6. The molecule has 2 aromatic carbocycles. The number of aliphatic hydroxyl groups is 1. The summed E-state index contributed by atoms with van der Waals surface area (Å²) in [6.07, 6.45) is 2.30. The number of anilines is 1. The van der Waals surface area contributed by atoms with Gasteiger partial charge in [0, 0.05) is 31.3 Å². The van der Waals surface area contributed by atoms with E-state index < -0.39 is 28.9 Å². The monoisotopic (exact) mass is 490 g/mol. The number of nitrogens with zero attached hydrogens (tertiary/aromatic N) is 2. The number of benzene rings is 2. The van der Waals surface area contributed by atoms with Gasteiger partial charge < -0.3 is 24.4 Å². The largest absolute Gasteiger partial charge is 0.507 e. The smallest absolute Gasteiger partial charge is 0.296 e. The van der Waals surface area contributed by atoms with E-state index in [2.05, 4.69) is 6.58 Å². The van der Waals surface area contributed by atoms with Crippen LogP contribution in [0, 0.1) is 6.92 Å². The average Bonchev–Trinajstić information content (AvgIpc) is 3.25. The summed E-state index contributed by atoms with van der Waals surface area (Å²) in [4.78, 5) is 43.9. The predicted octanol–water partition coefficient (Wildman–Crippen LogP) is 3.54. The quantitative estimate of drug-likeness (QED) is 0.250. The predicted molar refractivity (Wildman–Crippen MR) is 136 cm³/mol. The number of aryl methyl sites for hydroxylation is 1. The van der Waals surface area contributed by atoms with Gasteiger partial charge in [-0.3, -0.25) is 14.4 Å². The molecule has 0 aromatic heterocycles. The highest BCUT2D eigenvalue weighted by Crippen LogP contribution is 2.53. The molecule has 1 saturated heterocycles. The Balaban J connectivity index is 1.98. The van der Waals surface area contributed by atoms with Gasteiger partial charge in [-0.25, -0.2) is 0 Å². The molecular weight excluding hydrogens is 460 g/mol. The number of hydrogen-bond donors (Lipinski definition) is 1. The standard InChI is InChI=1S/C28H30N2O6/c1-5-13-29-21-10-8-7-9-20(21)28(27(29)34)23(25(32)26(33)30(28)14-16-35-4)24(31)19-11-12-22(18(3)17-19)36-15-6-2/h6-12,17,31H,2,5,13-16H2,1,3-4H3/t28-/m1/s1.